The Morgan fingerprint density at radius 2 is 2.00 bits per heavy atom. The lowest BCUT2D eigenvalue weighted by Gasteiger charge is -2.10. The van der Waals surface area contributed by atoms with E-state index < -0.39 is 11.2 Å². The predicted molar refractivity (Wildman–Crippen MR) is 69.6 cm³/mol. The zero-order valence-electron chi connectivity index (χ0n) is 10.1. The molecule has 0 aliphatic rings. The maximum Gasteiger partial charge on any atom is 0.443 e. The number of alkyl halides is 3. The minimum absolute atomic E-state index is 0.0592. The maximum atomic E-state index is 12.6. The zero-order valence-corrected chi connectivity index (χ0v) is 11.7. The Morgan fingerprint density at radius 3 is 2.53 bits per heavy atom. The molecule has 0 saturated heterocycles. The minimum atomic E-state index is -4.43. The van der Waals surface area contributed by atoms with E-state index in [1.54, 1.807) is 0 Å². The summed E-state index contributed by atoms with van der Waals surface area (Å²) in [4.78, 5) is 10.6. The Labute approximate surface area is 116 Å². The molecule has 0 fully saturated rings. The van der Waals surface area contributed by atoms with Crippen molar-refractivity contribution in [3.8, 4) is 10.6 Å². The van der Waals surface area contributed by atoms with Crippen molar-refractivity contribution in [2.24, 2.45) is 0 Å². The first-order valence-corrected chi connectivity index (χ1v) is 6.64. The van der Waals surface area contributed by atoms with Gasteiger partial charge in [0.1, 0.15) is 4.64 Å². The third-order valence-electron chi connectivity index (χ3n) is 2.46. The number of rotatable bonds is 2. The van der Waals surface area contributed by atoms with Crippen LogP contribution in [0.3, 0.4) is 0 Å². The van der Waals surface area contributed by atoms with Crippen molar-refractivity contribution < 1.29 is 13.2 Å². The van der Waals surface area contributed by atoms with Crippen molar-refractivity contribution in [1.29, 1.82) is 0 Å². The minimum Gasteiger partial charge on any atom is -0.345 e. The monoisotopic (exact) mass is 305 g/mol. The standard InChI is InChI=1S/C11H10F3N3S2/c1-5(2)7-8(16-4-17-9(7)18)6-3-15-10(19-6)11(12,13)14/h3-5H,1-2H3,(H,16,17,18). The van der Waals surface area contributed by atoms with Crippen molar-refractivity contribution in [2.45, 2.75) is 25.9 Å². The predicted octanol–water partition coefficient (Wildman–Crippen LogP) is 4.40. The van der Waals surface area contributed by atoms with Gasteiger partial charge in [0.2, 0.25) is 0 Å². The van der Waals surface area contributed by atoms with Crippen molar-refractivity contribution in [3.05, 3.63) is 27.7 Å². The normalized spacial score (nSPS) is 12.1. The fourth-order valence-corrected chi connectivity index (χ4v) is 2.87. The van der Waals surface area contributed by atoms with Gasteiger partial charge >= 0.3 is 6.18 Å². The van der Waals surface area contributed by atoms with Gasteiger partial charge in [0, 0.05) is 11.8 Å². The van der Waals surface area contributed by atoms with Gasteiger partial charge in [-0.05, 0) is 5.92 Å². The van der Waals surface area contributed by atoms with Crippen LogP contribution in [0.2, 0.25) is 0 Å². The van der Waals surface area contributed by atoms with E-state index in [2.05, 4.69) is 15.0 Å². The first kappa shape index (κ1) is 14.1. The summed E-state index contributed by atoms with van der Waals surface area (Å²) in [5.74, 6) is 0.0592. The molecular formula is C11H10F3N3S2. The molecule has 0 atom stereocenters. The topological polar surface area (TPSA) is 41.6 Å². The number of aromatic nitrogens is 3. The molecule has 0 aromatic carbocycles. The Morgan fingerprint density at radius 1 is 1.32 bits per heavy atom. The van der Waals surface area contributed by atoms with Crippen molar-refractivity contribution in [2.75, 3.05) is 0 Å². The van der Waals surface area contributed by atoms with Gasteiger partial charge in [-0.15, -0.1) is 11.3 Å². The molecule has 0 radical (unpaired) electrons. The van der Waals surface area contributed by atoms with Gasteiger partial charge in [-0.25, -0.2) is 9.97 Å². The number of hydrogen-bond acceptors (Lipinski definition) is 4. The summed E-state index contributed by atoms with van der Waals surface area (Å²) in [5.41, 5.74) is 1.29. The average molecular weight is 305 g/mol. The second-order valence-corrected chi connectivity index (χ2v) is 5.60. The van der Waals surface area contributed by atoms with Gasteiger partial charge in [-0.3, -0.25) is 0 Å². The van der Waals surface area contributed by atoms with Gasteiger partial charge in [-0.1, -0.05) is 26.1 Å². The third-order valence-corrected chi connectivity index (χ3v) is 3.85. The number of halogens is 3. The molecule has 2 heterocycles. The van der Waals surface area contributed by atoms with Crippen LogP contribution in [0.1, 0.15) is 30.3 Å². The summed E-state index contributed by atoms with van der Waals surface area (Å²) in [6, 6.07) is 0. The van der Waals surface area contributed by atoms with Gasteiger partial charge in [-0.2, -0.15) is 13.2 Å². The van der Waals surface area contributed by atoms with Crippen molar-refractivity contribution in [1.82, 2.24) is 15.0 Å². The summed E-state index contributed by atoms with van der Waals surface area (Å²) in [6.07, 6.45) is -1.83. The number of thiazole rings is 1. The van der Waals surface area contributed by atoms with Gasteiger partial charge in [0.05, 0.1) is 16.9 Å². The summed E-state index contributed by atoms with van der Waals surface area (Å²) >= 11 is 5.72. The van der Waals surface area contributed by atoms with Crippen LogP contribution in [0.15, 0.2) is 12.5 Å². The van der Waals surface area contributed by atoms with Crippen LogP contribution in [-0.2, 0) is 6.18 Å². The van der Waals surface area contributed by atoms with E-state index in [-0.39, 0.29) is 5.92 Å². The van der Waals surface area contributed by atoms with Crippen LogP contribution < -0.4 is 0 Å². The lowest BCUT2D eigenvalue weighted by molar-refractivity contribution is -0.137. The smallest absolute Gasteiger partial charge is 0.345 e. The number of hydrogen-bond donors (Lipinski definition) is 1. The molecule has 1 N–H and O–H groups in total. The number of nitrogens with zero attached hydrogens (tertiary/aromatic N) is 2. The molecule has 0 spiro atoms. The first-order chi connectivity index (χ1) is 8.80. The molecule has 0 saturated carbocycles. The quantitative estimate of drug-likeness (QED) is 0.836. The number of H-pyrrole nitrogens is 1. The number of nitrogens with one attached hydrogen (secondary N) is 1. The average Bonchev–Trinajstić information content (AvgIpc) is 2.76. The molecule has 0 aliphatic heterocycles. The number of aromatic amines is 1. The SMILES string of the molecule is CC(C)c1c(-c2cnc(C(F)(F)F)s2)[nH]cnc1=S. The zero-order chi connectivity index (χ0) is 14.2. The van der Waals surface area contributed by atoms with E-state index in [0.717, 1.165) is 5.56 Å². The maximum absolute atomic E-state index is 12.6. The van der Waals surface area contributed by atoms with Crippen LogP contribution in [0.25, 0.3) is 10.6 Å². The fraction of sp³-hybridized carbons (Fsp3) is 0.364. The molecule has 0 bridgehead atoms. The third kappa shape index (κ3) is 2.84. The van der Waals surface area contributed by atoms with E-state index in [1.807, 2.05) is 13.8 Å². The molecule has 2 aromatic heterocycles. The molecule has 0 unspecified atom stereocenters. The van der Waals surface area contributed by atoms with Crippen molar-refractivity contribution in [3.63, 3.8) is 0 Å². The van der Waals surface area contributed by atoms with Crippen LogP contribution in [0.4, 0.5) is 13.2 Å². The van der Waals surface area contributed by atoms with Crippen LogP contribution in [0.5, 0.6) is 0 Å². The van der Waals surface area contributed by atoms with Crippen LogP contribution in [0, 0.1) is 4.64 Å². The molecule has 8 heteroatoms. The van der Waals surface area contributed by atoms with E-state index in [4.69, 9.17) is 12.2 Å². The van der Waals surface area contributed by atoms with Gasteiger partial charge in [0.25, 0.3) is 0 Å². The van der Waals surface area contributed by atoms with Crippen molar-refractivity contribution >= 4 is 23.6 Å². The lowest BCUT2D eigenvalue weighted by atomic mass is 10.0. The largest absolute Gasteiger partial charge is 0.443 e. The lowest BCUT2D eigenvalue weighted by Crippen LogP contribution is -2.02. The molecule has 3 nitrogen and oxygen atoms in total. The van der Waals surface area contributed by atoms with E-state index in [9.17, 15) is 13.2 Å². The molecule has 2 rings (SSSR count). The van der Waals surface area contributed by atoms with Gasteiger partial charge < -0.3 is 4.98 Å². The molecule has 19 heavy (non-hydrogen) atoms. The Kier molecular flexibility index (Phi) is 3.73. The highest BCUT2D eigenvalue weighted by atomic mass is 32.1. The second-order valence-electron chi connectivity index (χ2n) is 4.18. The van der Waals surface area contributed by atoms with E-state index in [1.165, 1.54) is 12.5 Å². The van der Waals surface area contributed by atoms with E-state index >= 15 is 0 Å². The molecular weight excluding hydrogens is 295 g/mol. The van der Waals surface area contributed by atoms with Crippen LogP contribution >= 0.6 is 23.6 Å². The Hall–Kier alpha value is -1.28. The summed E-state index contributed by atoms with van der Waals surface area (Å²) in [5, 5.41) is -0.867. The fourth-order valence-electron chi connectivity index (χ4n) is 1.67. The highest BCUT2D eigenvalue weighted by molar-refractivity contribution is 7.71. The first-order valence-electron chi connectivity index (χ1n) is 5.41. The van der Waals surface area contributed by atoms with E-state index in [0.29, 0.717) is 26.5 Å². The summed E-state index contributed by atoms with van der Waals surface area (Å²) in [7, 11) is 0. The molecule has 2 aromatic rings. The molecule has 102 valence electrons. The Bertz CT molecular complexity index is 643. The van der Waals surface area contributed by atoms with Crippen LogP contribution in [-0.4, -0.2) is 15.0 Å². The Balaban J connectivity index is 2.57. The highest BCUT2D eigenvalue weighted by Gasteiger charge is 2.35. The molecule has 0 aliphatic carbocycles. The summed E-state index contributed by atoms with van der Waals surface area (Å²) < 4.78 is 38.1. The molecule has 0 amide bonds. The highest BCUT2D eigenvalue weighted by Crippen LogP contribution is 2.37. The summed E-state index contributed by atoms with van der Waals surface area (Å²) in [6.45, 7) is 3.83. The second kappa shape index (κ2) is 5.01. The van der Waals surface area contributed by atoms with Gasteiger partial charge in [0.15, 0.2) is 5.01 Å².